The number of aromatic amines is 1. The first-order chi connectivity index (χ1) is 17.1. The Kier molecular flexibility index (Phi) is 10.1. The molecule has 3 rings (SSSR count). The van der Waals surface area contributed by atoms with E-state index in [4.69, 9.17) is 14.2 Å². The minimum absolute atomic E-state index is 0.0189. The SMILES string of the molecule is COCCCN(CC(=O)N(CCc1c[nH]c2ccccc12)Cc1ccccc1OC)C(=O)COC. The lowest BCUT2D eigenvalue weighted by Crippen LogP contribution is -2.45. The maximum Gasteiger partial charge on any atom is 0.249 e. The Hall–Kier alpha value is -3.36. The number of aromatic nitrogens is 1. The fraction of sp³-hybridized carbons (Fsp3) is 0.407. The van der Waals surface area contributed by atoms with Gasteiger partial charge in [0, 0.05) is 63.1 Å². The summed E-state index contributed by atoms with van der Waals surface area (Å²) in [5.74, 6) is 0.383. The van der Waals surface area contributed by atoms with Crippen LogP contribution in [0, 0.1) is 0 Å². The number of nitrogens with zero attached hydrogens (tertiary/aromatic N) is 2. The highest BCUT2D eigenvalue weighted by molar-refractivity contribution is 5.86. The van der Waals surface area contributed by atoms with Crippen LogP contribution in [0.3, 0.4) is 0 Å². The van der Waals surface area contributed by atoms with Crippen LogP contribution in [0.25, 0.3) is 10.9 Å². The van der Waals surface area contributed by atoms with Crippen molar-refractivity contribution in [2.75, 3.05) is 54.2 Å². The van der Waals surface area contributed by atoms with Gasteiger partial charge in [-0.05, 0) is 30.5 Å². The monoisotopic (exact) mass is 481 g/mol. The molecule has 1 N–H and O–H groups in total. The number of hydrogen-bond donors (Lipinski definition) is 1. The van der Waals surface area contributed by atoms with E-state index in [0.717, 1.165) is 27.8 Å². The second-order valence-electron chi connectivity index (χ2n) is 8.33. The molecule has 2 aromatic carbocycles. The summed E-state index contributed by atoms with van der Waals surface area (Å²) in [4.78, 5) is 32.8. The third-order valence-corrected chi connectivity index (χ3v) is 5.96. The molecule has 0 atom stereocenters. The van der Waals surface area contributed by atoms with Gasteiger partial charge in [-0.15, -0.1) is 0 Å². The van der Waals surface area contributed by atoms with Crippen molar-refractivity contribution in [2.45, 2.75) is 19.4 Å². The number of hydrogen-bond acceptors (Lipinski definition) is 5. The zero-order chi connectivity index (χ0) is 25.0. The van der Waals surface area contributed by atoms with Crippen molar-refractivity contribution < 1.29 is 23.8 Å². The Balaban J connectivity index is 1.79. The van der Waals surface area contributed by atoms with Crippen molar-refractivity contribution in [3.05, 3.63) is 65.9 Å². The molecule has 0 aliphatic rings. The maximum absolute atomic E-state index is 13.5. The highest BCUT2D eigenvalue weighted by Crippen LogP contribution is 2.22. The topological polar surface area (TPSA) is 84.1 Å². The van der Waals surface area contributed by atoms with Crippen LogP contribution in [0.5, 0.6) is 5.75 Å². The molecule has 188 valence electrons. The minimum Gasteiger partial charge on any atom is -0.496 e. The smallest absolute Gasteiger partial charge is 0.249 e. The normalized spacial score (nSPS) is 10.9. The van der Waals surface area contributed by atoms with Gasteiger partial charge in [-0.1, -0.05) is 36.4 Å². The second-order valence-corrected chi connectivity index (χ2v) is 8.33. The van der Waals surface area contributed by atoms with Crippen molar-refractivity contribution in [3.63, 3.8) is 0 Å². The Bertz CT molecular complexity index is 1100. The third kappa shape index (κ3) is 7.31. The molecule has 0 fully saturated rings. The average molecular weight is 482 g/mol. The first-order valence-electron chi connectivity index (χ1n) is 11.8. The summed E-state index contributed by atoms with van der Waals surface area (Å²) in [5.41, 5.74) is 3.13. The molecule has 0 saturated carbocycles. The predicted octanol–water partition coefficient (Wildman–Crippen LogP) is 3.26. The molecule has 3 aromatic rings. The van der Waals surface area contributed by atoms with E-state index in [1.807, 2.05) is 48.7 Å². The van der Waals surface area contributed by atoms with Gasteiger partial charge in [0.25, 0.3) is 0 Å². The highest BCUT2D eigenvalue weighted by Gasteiger charge is 2.22. The zero-order valence-corrected chi connectivity index (χ0v) is 20.8. The van der Waals surface area contributed by atoms with Gasteiger partial charge in [-0.25, -0.2) is 0 Å². The second kappa shape index (κ2) is 13.5. The van der Waals surface area contributed by atoms with E-state index >= 15 is 0 Å². The van der Waals surface area contributed by atoms with Crippen LogP contribution in [0.1, 0.15) is 17.5 Å². The fourth-order valence-electron chi connectivity index (χ4n) is 4.09. The summed E-state index contributed by atoms with van der Waals surface area (Å²) in [6, 6.07) is 15.8. The molecule has 8 nitrogen and oxygen atoms in total. The Morgan fingerprint density at radius 3 is 2.40 bits per heavy atom. The number of rotatable bonds is 14. The van der Waals surface area contributed by atoms with Gasteiger partial charge in [0.05, 0.1) is 13.7 Å². The molecule has 1 heterocycles. The van der Waals surface area contributed by atoms with Crippen LogP contribution >= 0.6 is 0 Å². The summed E-state index contributed by atoms with van der Waals surface area (Å²) in [6.45, 7) is 1.74. The molecule has 0 unspecified atom stereocenters. The highest BCUT2D eigenvalue weighted by atomic mass is 16.5. The molecule has 0 spiro atoms. The molecule has 0 radical (unpaired) electrons. The van der Waals surface area contributed by atoms with E-state index in [9.17, 15) is 9.59 Å². The number of benzene rings is 2. The van der Waals surface area contributed by atoms with Gasteiger partial charge in [0.2, 0.25) is 11.8 Å². The van der Waals surface area contributed by atoms with Gasteiger partial charge in [0.15, 0.2) is 0 Å². The number of methoxy groups -OCH3 is 3. The quantitative estimate of drug-likeness (QED) is 0.357. The van der Waals surface area contributed by atoms with E-state index in [-0.39, 0.29) is 25.0 Å². The van der Waals surface area contributed by atoms with Crippen molar-refractivity contribution in [1.82, 2.24) is 14.8 Å². The predicted molar refractivity (Wildman–Crippen MR) is 135 cm³/mol. The molecule has 2 amide bonds. The van der Waals surface area contributed by atoms with Gasteiger partial charge >= 0.3 is 0 Å². The van der Waals surface area contributed by atoms with E-state index < -0.39 is 0 Å². The van der Waals surface area contributed by atoms with E-state index in [1.54, 1.807) is 24.0 Å². The number of carbonyl (C=O) groups is 2. The number of ether oxygens (including phenoxy) is 3. The molecular formula is C27H35N3O5. The van der Waals surface area contributed by atoms with E-state index in [2.05, 4.69) is 11.1 Å². The molecule has 0 bridgehead atoms. The van der Waals surface area contributed by atoms with Crippen LogP contribution in [-0.2, 0) is 32.0 Å². The lowest BCUT2D eigenvalue weighted by atomic mass is 10.1. The standard InChI is InChI=1S/C27H35N3O5/c1-33-16-8-14-29(27(32)20-34-2)19-26(31)30(18-22-9-4-7-12-25(22)35-3)15-13-21-17-28-24-11-6-5-10-23(21)24/h4-7,9-12,17,28H,8,13-16,18-20H2,1-3H3. The van der Waals surface area contributed by atoms with Crippen molar-refractivity contribution >= 4 is 22.7 Å². The largest absolute Gasteiger partial charge is 0.496 e. The number of H-pyrrole nitrogens is 1. The lowest BCUT2D eigenvalue weighted by Gasteiger charge is -2.28. The number of para-hydroxylation sites is 2. The Morgan fingerprint density at radius 2 is 1.63 bits per heavy atom. The molecule has 0 aliphatic carbocycles. The van der Waals surface area contributed by atoms with Gasteiger partial charge in [-0.2, -0.15) is 0 Å². The lowest BCUT2D eigenvalue weighted by molar-refractivity contribution is -0.143. The molecule has 0 aliphatic heterocycles. The van der Waals surface area contributed by atoms with Gasteiger partial charge in [0.1, 0.15) is 12.4 Å². The number of fused-ring (bicyclic) bond motifs is 1. The van der Waals surface area contributed by atoms with Crippen LogP contribution in [0.2, 0.25) is 0 Å². The maximum atomic E-state index is 13.5. The van der Waals surface area contributed by atoms with E-state index in [0.29, 0.717) is 39.1 Å². The number of nitrogens with one attached hydrogen (secondary N) is 1. The summed E-state index contributed by atoms with van der Waals surface area (Å²) in [6.07, 6.45) is 3.32. The average Bonchev–Trinajstić information content (AvgIpc) is 3.29. The van der Waals surface area contributed by atoms with Crippen LogP contribution in [0.4, 0.5) is 0 Å². The molecule has 1 aromatic heterocycles. The summed E-state index contributed by atoms with van der Waals surface area (Å²) >= 11 is 0. The van der Waals surface area contributed by atoms with Crippen molar-refractivity contribution in [1.29, 1.82) is 0 Å². The van der Waals surface area contributed by atoms with Gasteiger partial charge < -0.3 is 29.0 Å². The first kappa shape index (κ1) is 26.2. The van der Waals surface area contributed by atoms with E-state index in [1.165, 1.54) is 7.11 Å². The van der Waals surface area contributed by atoms with Crippen molar-refractivity contribution in [2.24, 2.45) is 0 Å². The molecule has 0 saturated heterocycles. The Morgan fingerprint density at radius 1 is 0.857 bits per heavy atom. The third-order valence-electron chi connectivity index (χ3n) is 5.96. The zero-order valence-electron chi connectivity index (χ0n) is 20.8. The van der Waals surface area contributed by atoms with Crippen molar-refractivity contribution in [3.8, 4) is 5.75 Å². The fourth-order valence-corrected chi connectivity index (χ4v) is 4.09. The van der Waals surface area contributed by atoms with Gasteiger partial charge in [-0.3, -0.25) is 9.59 Å². The first-order valence-corrected chi connectivity index (χ1v) is 11.8. The molecule has 35 heavy (non-hydrogen) atoms. The number of amides is 2. The molecular weight excluding hydrogens is 446 g/mol. The molecule has 8 heteroatoms. The van der Waals surface area contributed by atoms with Crippen LogP contribution < -0.4 is 4.74 Å². The van der Waals surface area contributed by atoms with Crippen LogP contribution in [0.15, 0.2) is 54.7 Å². The summed E-state index contributed by atoms with van der Waals surface area (Å²) in [5, 5.41) is 1.15. The number of carbonyl (C=O) groups excluding carboxylic acids is 2. The Labute approximate surface area is 206 Å². The summed E-state index contributed by atoms with van der Waals surface area (Å²) < 4.78 is 15.7. The summed E-state index contributed by atoms with van der Waals surface area (Å²) in [7, 11) is 4.71. The minimum atomic E-state index is -0.217. The van der Waals surface area contributed by atoms with Crippen LogP contribution in [-0.4, -0.2) is 80.8 Å².